The lowest BCUT2D eigenvalue weighted by molar-refractivity contribution is -0.137. The molecule has 0 bridgehead atoms. The first-order valence-electron chi connectivity index (χ1n) is 10.1. The van der Waals surface area contributed by atoms with Gasteiger partial charge in [0.25, 0.3) is 0 Å². The van der Waals surface area contributed by atoms with Crippen molar-refractivity contribution in [2.45, 2.75) is 26.2 Å². The van der Waals surface area contributed by atoms with E-state index in [4.69, 9.17) is 12.2 Å². The molecule has 0 saturated heterocycles. The molecule has 0 unspecified atom stereocenters. The van der Waals surface area contributed by atoms with Crippen LogP contribution in [0.15, 0.2) is 73.3 Å². The van der Waals surface area contributed by atoms with E-state index in [2.05, 4.69) is 45.1 Å². The monoisotopic (exact) mass is 470 g/mol. The zero-order chi connectivity index (χ0) is 23.4. The van der Waals surface area contributed by atoms with Crippen molar-refractivity contribution < 1.29 is 13.2 Å². The van der Waals surface area contributed by atoms with Crippen LogP contribution in [-0.2, 0) is 19.3 Å². The molecule has 2 aromatic carbocycles. The van der Waals surface area contributed by atoms with Crippen molar-refractivity contribution in [2.75, 3.05) is 10.6 Å². The fourth-order valence-corrected chi connectivity index (χ4v) is 3.47. The fourth-order valence-electron chi connectivity index (χ4n) is 3.24. The smallest absolute Gasteiger partial charge is 0.330 e. The number of hydrogen-bond acceptors (Lipinski definition) is 3. The van der Waals surface area contributed by atoms with Crippen LogP contribution in [-0.4, -0.2) is 24.7 Å². The molecule has 0 spiro atoms. The number of halogens is 3. The first kappa shape index (κ1) is 22.5. The van der Waals surface area contributed by atoms with Crippen LogP contribution in [0.4, 0.5) is 24.5 Å². The van der Waals surface area contributed by atoms with Crippen molar-refractivity contribution in [3.05, 3.63) is 95.6 Å². The van der Waals surface area contributed by atoms with Crippen LogP contribution in [0.2, 0.25) is 0 Å². The Bertz CT molecular complexity index is 1240. The number of anilines is 2. The molecule has 10 heteroatoms. The largest absolute Gasteiger partial charge is 0.416 e. The van der Waals surface area contributed by atoms with Crippen LogP contribution in [0, 0.1) is 6.92 Å². The van der Waals surface area contributed by atoms with E-state index in [0.717, 1.165) is 23.4 Å². The maximum atomic E-state index is 12.9. The Hall–Kier alpha value is -3.66. The SMILES string of the molecule is Cc1ccc(Cn2cc(NC(=S)Nc3cnn(Cc4cccc(C(F)(F)F)c4)c3)cn2)cc1. The van der Waals surface area contributed by atoms with Crippen LogP contribution >= 0.6 is 12.2 Å². The highest BCUT2D eigenvalue weighted by molar-refractivity contribution is 7.80. The second kappa shape index (κ2) is 9.45. The Labute approximate surface area is 194 Å². The predicted octanol–water partition coefficient (Wildman–Crippen LogP) is 5.31. The molecular weight excluding hydrogens is 449 g/mol. The van der Waals surface area contributed by atoms with Crippen molar-refractivity contribution in [3.8, 4) is 0 Å². The van der Waals surface area contributed by atoms with Crippen molar-refractivity contribution >= 4 is 28.7 Å². The summed E-state index contributed by atoms with van der Waals surface area (Å²) in [5.74, 6) is 0. The maximum Gasteiger partial charge on any atom is 0.416 e. The van der Waals surface area contributed by atoms with E-state index in [1.807, 2.05) is 17.8 Å². The van der Waals surface area contributed by atoms with E-state index in [9.17, 15) is 13.2 Å². The third-order valence-corrected chi connectivity index (χ3v) is 5.05. The number of hydrogen-bond donors (Lipinski definition) is 2. The summed E-state index contributed by atoms with van der Waals surface area (Å²) >= 11 is 5.35. The molecule has 0 fully saturated rings. The number of rotatable bonds is 6. The number of aryl methyl sites for hydroxylation is 1. The molecule has 6 nitrogen and oxygen atoms in total. The number of aromatic nitrogens is 4. The summed E-state index contributed by atoms with van der Waals surface area (Å²) in [5.41, 5.74) is 3.52. The van der Waals surface area contributed by atoms with Gasteiger partial charge in [-0.1, -0.05) is 42.0 Å². The molecule has 0 radical (unpaired) electrons. The van der Waals surface area contributed by atoms with Gasteiger partial charge in [0.2, 0.25) is 0 Å². The van der Waals surface area contributed by atoms with Crippen molar-refractivity contribution in [3.63, 3.8) is 0 Å². The molecule has 170 valence electrons. The Kier molecular flexibility index (Phi) is 6.45. The first-order valence-corrected chi connectivity index (χ1v) is 10.5. The van der Waals surface area contributed by atoms with E-state index in [1.54, 1.807) is 29.3 Å². The van der Waals surface area contributed by atoms with Gasteiger partial charge in [-0.15, -0.1) is 0 Å². The van der Waals surface area contributed by atoms with E-state index in [1.165, 1.54) is 11.6 Å². The lowest BCUT2D eigenvalue weighted by Crippen LogP contribution is -2.18. The molecule has 0 aliphatic carbocycles. The molecular formula is C23H21F3N6S. The maximum absolute atomic E-state index is 12.9. The number of nitrogens with one attached hydrogen (secondary N) is 2. The Morgan fingerprint density at radius 3 is 2.03 bits per heavy atom. The van der Waals surface area contributed by atoms with Gasteiger partial charge in [0.05, 0.1) is 42.4 Å². The van der Waals surface area contributed by atoms with Gasteiger partial charge in [-0.3, -0.25) is 9.36 Å². The van der Waals surface area contributed by atoms with E-state index in [-0.39, 0.29) is 6.54 Å². The van der Waals surface area contributed by atoms with Crippen molar-refractivity contribution in [2.24, 2.45) is 0 Å². The van der Waals surface area contributed by atoms with Crippen LogP contribution in [0.25, 0.3) is 0 Å². The third kappa shape index (κ3) is 6.19. The highest BCUT2D eigenvalue weighted by Crippen LogP contribution is 2.29. The van der Waals surface area contributed by atoms with E-state index in [0.29, 0.717) is 22.9 Å². The zero-order valence-corrected chi connectivity index (χ0v) is 18.5. The number of thiocarbonyl (C=S) groups is 1. The molecule has 0 atom stereocenters. The lowest BCUT2D eigenvalue weighted by atomic mass is 10.1. The molecule has 2 heterocycles. The van der Waals surface area contributed by atoms with Gasteiger partial charge in [0.1, 0.15) is 0 Å². The van der Waals surface area contributed by atoms with Gasteiger partial charge < -0.3 is 10.6 Å². The average Bonchev–Trinajstić information content (AvgIpc) is 3.38. The van der Waals surface area contributed by atoms with Crippen molar-refractivity contribution in [1.29, 1.82) is 0 Å². The van der Waals surface area contributed by atoms with Crippen molar-refractivity contribution in [1.82, 2.24) is 19.6 Å². The minimum atomic E-state index is -4.38. The normalized spacial score (nSPS) is 11.4. The molecule has 2 aromatic heterocycles. The van der Waals surface area contributed by atoms with Crippen LogP contribution in [0.1, 0.15) is 22.3 Å². The van der Waals surface area contributed by atoms with Crippen LogP contribution in [0.3, 0.4) is 0 Å². The molecule has 2 N–H and O–H groups in total. The zero-order valence-electron chi connectivity index (χ0n) is 17.7. The summed E-state index contributed by atoms with van der Waals surface area (Å²) in [6.07, 6.45) is 2.39. The number of alkyl halides is 3. The fraction of sp³-hybridized carbons (Fsp3) is 0.174. The summed E-state index contributed by atoms with van der Waals surface area (Å²) in [4.78, 5) is 0. The highest BCUT2D eigenvalue weighted by Gasteiger charge is 2.30. The first-order chi connectivity index (χ1) is 15.7. The highest BCUT2D eigenvalue weighted by atomic mass is 32.1. The Morgan fingerprint density at radius 1 is 0.879 bits per heavy atom. The lowest BCUT2D eigenvalue weighted by Gasteiger charge is -2.09. The summed E-state index contributed by atoms with van der Waals surface area (Å²) < 4.78 is 42.0. The van der Waals surface area contributed by atoms with Crippen LogP contribution < -0.4 is 10.6 Å². The minimum Gasteiger partial charge on any atom is -0.330 e. The quantitative estimate of drug-likeness (QED) is 0.374. The topological polar surface area (TPSA) is 59.7 Å². The second-order valence-electron chi connectivity index (χ2n) is 7.62. The molecule has 0 amide bonds. The summed E-state index contributed by atoms with van der Waals surface area (Å²) in [5, 5.41) is 15.0. The number of nitrogens with zero attached hydrogens (tertiary/aromatic N) is 4. The summed E-state index contributed by atoms with van der Waals surface area (Å²) in [6.45, 7) is 2.89. The Morgan fingerprint density at radius 2 is 1.45 bits per heavy atom. The molecule has 0 aliphatic rings. The number of benzene rings is 2. The van der Waals surface area contributed by atoms with Gasteiger partial charge >= 0.3 is 6.18 Å². The van der Waals surface area contributed by atoms with Gasteiger partial charge in [-0.05, 0) is 42.4 Å². The van der Waals surface area contributed by atoms with E-state index < -0.39 is 11.7 Å². The molecule has 4 aromatic rings. The standard InChI is InChI=1S/C23H21F3N6S/c1-16-5-7-17(8-6-16)12-31-14-20(10-27-31)29-22(33)30-21-11-28-32(15-21)13-18-3-2-4-19(9-18)23(24,25)26/h2-11,14-15H,12-13H2,1H3,(H2,29,30,33). The molecule has 0 aliphatic heterocycles. The van der Waals surface area contributed by atoms with Gasteiger partial charge in [-0.25, -0.2) is 0 Å². The molecule has 33 heavy (non-hydrogen) atoms. The van der Waals surface area contributed by atoms with Gasteiger partial charge in [0, 0.05) is 12.4 Å². The minimum absolute atomic E-state index is 0.206. The average molecular weight is 471 g/mol. The summed E-state index contributed by atoms with van der Waals surface area (Å²) in [7, 11) is 0. The van der Waals surface area contributed by atoms with E-state index >= 15 is 0 Å². The Balaban J connectivity index is 1.32. The van der Waals surface area contributed by atoms with Gasteiger partial charge in [-0.2, -0.15) is 23.4 Å². The van der Waals surface area contributed by atoms with Crippen LogP contribution in [0.5, 0.6) is 0 Å². The molecule has 4 rings (SSSR count). The third-order valence-electron chi connectivity index (χ3n) is 4.85. The van der Waals surface area contributed by atoms with Gasteiger partial charge in [0.15, 0.2) is 5.11 Å². The molecule has 0 saturated carbocycles. The predicted molar refractivity (Wildman–Crippen MR) is 125 cm³/mol. The second-order valence-corrected chi connectivity index (χ2v) is 8.02. The summed E-state index contributed by atoms with van der Waals surface area (Å²) in [6, 6.07) is 13.4.